The Kier molecular flexibility index (Phi) is 569. The molecule has 0 bridgehead atoms. The third-order valence-electron chi connectivity index (χ3n) is 0. The van der Waals surface area contributed by atoms with Gasteiger partial charge >= 0.3 is 26.2 Å². The van der Waals surface area contributed by atoms with E-state index in [0.29, 0.717) is 0 Å². The largest absolute Gasteiger partial charge is 4.00 e. The monoisotopic (exact) mass is 306 g/mol. The van der Waals surface area contributed by atoms with Crippen LogP contribution in [-0.2, 0) is 26.2 Å². The predicted octanol–water partition coefficient (Wildman–Crippen LogP) is -4.31. The first-order chi connectivity index (χ1) is 2.00. The van der Waals surface area contributed by atoms with Gasteiger partial charge in [0.2, 0.25) is 0 Å². The van der Waals surface area contributed by atoms with E-state index in [2.05, 4.69) is 13.8 Å². The van der Waals surface area contributed by atoms with Gasteiger partial charge in [-0.05, 0) is 0 Å². The standard InChI is InChI=1S/2C2H5.2BrH.Zr/c2*1-2;;;/h2*1H2,2H3;2*1H;/q2*-1;;;+4/p-2. The summed E-state index contributed by atoms with van der Waals surface area (Å²) in [7, 11) is 0. The topological polar surface area (TPSA) is 0 Å². The molecule has 0 aromatic heterocycles. The second kappa shape index (κ2) is 108. The summed E-state index contributed by atoms with van der Waals surface area (Å²) in [5.41, 5.74) is 0. The quantitative estimate of drug-likeness (QED) is 0.397. The molecule has 0 unspecified atom stereocenters. The molecular weight excluding hydrogens is 299 g/mol. The van der Waals surface area contributed by atoms with Crippen molar-refractivity contribution in [2.75, 3.05) is 0 Å². The summed E-state index contributed by atoms with van der Waals surface area (Å²) in [5, 5.41) is 0. The molecule has 7 heavy (non-hydrogen) atoms. The fourth-order valence-corrected chi connectivity index (χ4v) is 0. The van der Waals surface area contributed by atoms with Gasteiger partial charge in [-0.3, -0.25) is 0 Å². The van der Waals surface area contributed by atoms with Crippen molar-refractivity contribution in [1.29, 1.82) is 0 Å². The Morgan fingerprint density at radius 3 is 0.714 bits per heavy atom. The van der Waals surface area contributed by atoms with E-state index in [4.69, 9.17) is 0 Å². The van der Waals surface area contributed by atoms with Crippen LogP contribution in [0, 0.1) is 13.8 Å². The third kappa shape index (κ3) is 78.8. The SMILES string of the molecule is [Br-].[Br-].[CH2-]C.[CH2-]C.[Zr+4]. The van der Waals surface area contributed by atoms with Crippen molar-refractivity contribution in [3.05, 3.63) is 13.8 Å². The minimum absolute atomic E-state index is 0. The Bertz CT molecular complexity index is 9.65. The van der Waals surface area contributed by atoms with Crippen LogP contribution in [0.5, 0.6) is 0 Å². The second-order valence-corrected chi connectivity index (χ2v) is 0. The maximum Gasteiger partial charge on any atom is 4.00 e. The Morgan fingerprint density at radius 2 is 0.714 bits per heavy atom. The molecule has 44 valence electrons. The van der Waals surface area contributed by atoms with E-state index in [1.807, 2.05) is 0 Å². The first-order valence-corrected chi connectivity index (χ1v) is 1.41. The molecule has 0 aromatic carbocycles. The van der Waals surface area contributed by atoms with Crippen LogP contribution in [0.1, 0.15) is 13.8 Å². The number of hydrogen-bond acceptors (Lipinski definition) is 0. The van der Waals surface area contributed by atoms with Crippen LogP contribution in [-0.4, -0.2) is 0 Å². The van der Waals surface area contributed by atoms with E-state index in [0.717, 1.165) is 0 Å². The summed E-state index contributed by atoms with van der Waals surface area (Å²) in [5.74, 6) is 0. The van der Waals surface area contributed by atoms with Gasteiger partial charge in [0.05, 0.1) is 0 Å². The van der Waals surface area contributed by atoms with Crippen LogP contribution in [0.2, 0.25) is 0 Å². The summed E-state index contributed by atoms with van der Waals surface area (Å²) in [6.45, 7) is 10.0. The molecule has 0 saturated carbocycles. The summed E-state index contributed by atoms with van der Waals surface area (Å²) in [6.07, 6.45) is 0. The van der Waals surface area contributed by atoms with Crippen LogP contribution in [0.15, 0.2) is 0 Å². The van der Waals surface area contributed by atoms with Crippen LogP contribution in [0.25, 0.3) is 0 Å². The molecule has 0 amide bonds. The molecule has 0 aromatic rings. The van der Waals surface area contributed by atoms with Crippen molar-refractivity contribution in [2.24, 2.45) is 0 Å². The Labute approximate surface area is 87.1 Å². The van der Waals surface area contributed by atoms with Crippen molar-refractivity contribution >= 4 is 0 Å². The Hall–Kier alpha value is 1.84. The first-order valence-electron chi connectivity index (χ1n) is 1.41. The van der Waals surface area contributed by atoms with Crippen LogP contribution in [0.4, 0.5) is 0 Å². The van der Waals surface area contributed by atoms with E-state index >= 15 is 0 Å². The van der Waals surface area contributed by atoms with Crippen LogP contribution >= 0.6 is 0 Å². The normalized spacial score (nSPS) is 1.71. The molecule has 0 N–H and O–H groups in total. The minimum Gasteiger partial charge on any atom is -1.00 e. The average Bonchev–Trinajstić information content (AvgIpc) is 1.50. The minimum atomic E-state index is 0. The molecule has 0 aliphatic carbocycles. The molecule has 0 rings (SSSR count). The second-order valence-electron chi connectivity index (χ2n) is 0. The van der Waals surface area contributed by atoms with Gasteiger partial charge in [0.1, 0.15) is 0 Å². The molecule has 0 spiro atoms. The van der Waals surface area contributed by atoms with Crippen LogP contribution < -0.4 is 34.0 Å². The molecule has 0 fully saturated rings. The van der Waals surface area contributed by atoms with Crippen molar-refractivity contribution in [3.8, 4) is 0 Å². The van der Waals surface area contributed by atoms with Gasteiger partial charge < -0.3 is 47.8 Å². The molecule has 0 atom stereocenters. The molecule has 0 aliphatic rings. The first kappa shape index (κ1) is 36.8. The van der Waals surface area contributed by atoms with E-state index < -0.39 is 0 Å². The zero-order valence-electron chi connectivity index (χ0n) is 4.67. The number of rotatable bonds is 0. The Morgan fingerprint density at radius 1 is 0.714 bits per heavy atom. The van der Waals surface area contributed by atoms with Crippen molar-refractivity contribution < 1.29 is 60.2 Å². The zero-order valence-corrected chi connectivity index (χ0v) is 10.3. The summed E-state index contributed by atoms with van der Waals surface area (Å²) >= 11 is 0. The van der Waals surface area contributed by atoms with E-state index in [9.17, 15) is 0 Å². The van der Waals surface area contributed by atoms with Gasteiger partial charge in [-0.25, -0.2) is 0 Å². The maximum absolute atomic E-state index is 3.25. The van der Waals surface area contributed by atoms with Gasteiger partial charge in [0, 0.05) is 0 Å². The number of halogens is 2. The molecule has 0 saturated heterocycles. The maximum atomic E-state index is 3.25. The third-order valence-corrected chi connectivity index (χ3v) is 0. The molecular formula is C4H10Br2Zr. The van der Waals surface area contributed by atoms with Crippen LogP contribution in [0.3, 0.4) is 0 Å². The van der Waals surface area contributed by atoms with Crippen molar-refractivity contribution in [1.82, 2.24) is 0 Å². The summed E-state index contributed by atoms with van der Waals surface area (Å²) < 4.78 is 0. The molecule has 0 heterocycles. The molecule has 0 radical (unpaired) electrons. The van der Waals surface area contributed by atoms with Crippen molar-refractivity contribution in [3.63, 3.8) is 0 Å². The predicted molar refractivity (Wildman–Crippen MR) is 22.1 cm³/mol. The zero-order chi connectivity index (χ0) is 4.00. The fourth-order valence-electron chi connectivity index (χ4n) is 0. The van der Waals surface area contributed by atoms with E-state index in [-0.39, 0.29) is 60.2 Å². The van der Waals surface area contributed by atoms with E-state index in [1.54, 1.807) is 13.8 Å². The fraction of sp³-hybridized carbons (Fsp3) is 0.500. The molecule has 0 aliphatic heterocycles. The van der Waals surface area contributed by atoms with Gasteiger partial charge in [-0.1, -0.05) is 0 Å². The molecule has 3 heteroatoms. The van der Waals surface area contributed by atoms with Gasteiger partial charge in [0.25, 0.3) is 0 Å². The summed E-state index contributed by atoms with van der Waals surface area (Å²) in [6, 6.07) is 0. The average molecular weight is 309 g/mol. The van der Waals surface area contributed by atoms with Gasteiger partial charge in [-0.15, -0.1) is 0 Å². The number of hydrogen-bond donors (Lipinski definition) is 0. The smallest absolute Gasteiger partial charge is 1.00 e. The molecule has 0 nitrogen and oxygen atoms in total. The van der Waals surface area contributed by atoms with Gasteiger partial charge in [-0.2, -0.15) is 13.8 Å². The van der Waals surface area contributed by atoms with Gasteiger partial charge in [0.15, 0.2) is 0 Å². The summed E-state index contributed by atoms with van der Waals surface area (Å²) in [4.78, 5) is 0. The Balaban J connectivity index is -0.00000000267. The van der Waals surface area contributed by atoms with Crippen molar-refractivity contribution in [2.45, 2.75) is 13.8 Å². The van der Waals surface area contributed by atoms with E-state index in [1.165, 1.54) is 0 Å².